The zero-order valence-electron chi connectivity index (χ0n) is 11.2. The van der Waals surface area contributed by atoms with Crippen molar-refractivity contribution < 1.29 is 4.79 Å². The number of amides is 1. The van der Waals surface area contributed by atoms with Crippen molar-refractivity contribution in [1.82, 2.24) is 25.1 Å². The van der Waals surface area contributed by atoms with E-state index < -0.39 is 0 Å². The Morgan fingerprint density at radius 3 is 3.05 bits per heavy atom. The standard InChI is InChI=1S/C13H12ClN5OS/c1-8-16-17-13-19(8)18-11(21-13)5-6-15-12(20)9-3-2-4-10(14)7-9/h2-4,7H,5-6H2,1H3,(H,15,20). The summed E-state index contributed by atoms with van der Waals surface area (Å²) in [5.74, 6) is 0.618. The predicted molar refractivity (Wildman–Crippen MR) is 80.9 cm³/mol. The molecule has 21 heavy (non-hydrogen) atoms. The molecule has 0 radical (unpaired) electrons. The first-order valence-electron chi connectivity index (χ1n) is 6.35. The predicted octanol–water partition coefficient (Wildman–Crippen LogP) is 2.12. The topological polar surface area (TPSA) is 72.2 Å². The van der Waals surface area contributed by atoms with Crippen LogP contribution in [0.1, 0.15) is 21.2 Å². The van der Waals surface area contributed by atoms with Crippen LogP contribution in [0.4, 0.5) is 0 Å². The number of hydrogen-bond acceptors (Lipinski definition) is 5. The molecule has 0 saturated carbocycles. The van der Waals surface area contributed by atoms with Crippen molar-refractivity contribution in [2.75, 3.05) is 6.54 Å². The third-order valence-electron chi connectivity index (χ3n) is 2.90. The lowest BCUT2D eigenvalue weighted by Crippen LogP contribution is -2.25. The van der Waals surface area contributed by atoms with Gasteiger partial charge in [0.25, 0.3) is 5.91 Å². The Bertz CT molecular complexity index is 797. The maximum absolute atomic E-state index is 11.9. The largest absolute Gasteiger partial charge is 0.352 e. The van der Waals surface area contributed by atoms with E-state index in [0.717, 1.165) is 15.8 Å². The molecule has 0 unspecified atom stereocenters. The van der Waals surface area contributed by atoms with Crippen molar-refractivity contribution in [2.24, 2.45) is 0 Å². The lowest BCUT2D eigenvalue weighted by molar-refractivity contribution is 0.0954. The number of nitrogens with zero attached hydrogens (tertiary/aromatic N) is 4. The van der Waals surface area contributed by atoms with Crippen LogP contribution in [-0.2, 0) is 6.42 Å². The molecule has 1 aromatic carbocycles. The van der Waals surface area contributed by atoms with Gasteiger partial charge in [-0.15, -0.1) is 10.2 Å². The number of nitrogens with one attached hydrogen (secondary N) is 1. The Hall–Kier alpha value is -1.99. The summed E-state index contributed by atoms with van der Waals surface area (Å²) in [5.41, 5.74) is 0.552. The van der Waals surface area contributed by atoms with E-state index in [2.05, 4.69) is 20.6 Å². The van der Waals surface area contributed by atoms with Crippen molar-refractivity contribution in [2.45, 2.75) is 13.3 Å². The molecular weight excluding hydrogens is 310 g/mol. The van der Waals surface area contributed by atoms with Gasteiger partial charge in [0.1, 0.15) is 5.01 Å². The minimum absolute atomic E-state index is 0.142. The van der Waals surface area contributed by atoms with Crippen LogP contribution in [-0.4, -0.2) is 32.3 Å². The van der Waals surface area contributed by atoms with Gasteiger partial charge in [-0.2, -0.15) is 9.61 Å². The van der Waals surface area contributed by atoms with Crippen LogP contribution in [0, 0.1) is 6.92 Å². The van der Waals surface area contributed by atoms with Crippen LogP contribution < -0.4 is 5.32 Å². The summed E-state index contributed by atoms with van der Waals surface area (Å²) in [7, 11) is 0. The molecule has 0 aliphatic rings. The van der Waals surface area contributed by atoms with Crippen molar-refractivity contribution in [3.63, 3.8) is 0 Å². The lowest BCUT2D eigenvalue weighted by atomic mass is 10.2. The summed E-state index contributed by atoms with van der Waals surface area (Å²) in [5, 5.41) is 16.6. The second kappa shape index (κ2) is 5.79. The molecule has 108 valence electrons. The SMILES string of the molecule is Cc1nnc2sc(CCNC(=O)c3cccc(Cl)c3)nn12. The van der Waals surface area contributed by atoms with Crippen LogP contribution in [0.15, 0.2) is 24.3 Å². The highest BCUT2D eigenvalue weighted by atomic mass is 35.5. The van der Waals surface area contributed by atoms with Gasteiger partial charge in [0.05, 0.1) is 0 Å². The first-order valence-corrected chi connectivity index (χ1v) is 7.54. The number of benzene rings is 1. The highest BCUT2D eigenvalue weighted by molar-refractivity contribution is 7.16. The minimum atomic E-state index is -0.142. The molecule has 0 aliphatic carbocycles. The Morgan fingerprint density at radius 1 is 1.43 bits per heavy atom. The molecule has 3 aromatic rings. The van der Waals surface area contributed by atoms with Gasteiger partial charge in [0, 0.05) is 23.6 Å². The molecule has 2 heterocycles. The summed E-state index contributed by atoms with van der Waals surface area (Å²) < 4.78 is 1.71. The molecule has 0 spiro atoms. The molecule has 2 aromatic heterocycles. The monoisotopic (exact) mass is 321 g/mol. The van der Waals surface area contributed by atoms with E-state index in [4.69, 9.17) is 11.6 Å². The summed E-state index contributed by atoms with van der Waals surface area (Å²) in [6.07, 6.45) is 0.653. The number of aryl methyl sites for hydroxylation is 1. The Balaban J connectivity index is 1.59. The van der Waals surface area contributed by atoms with E-state index in [1.165, 1.54) is 11.3 Å². The second-order valence-corrected chi connectivity index (χ2v) is 5.93. The zero-order chi connectivity index (χ0) is 14.8. The molecule has 1 N–H and O–H groups in total. The number of carbonyl (C=O) groups excluding carboxylic acids is 1. The van der Waals surface area contributed by atoms with Gasteiger partial charge in [-0.1, -0.05) is 29.0 Å². The number of hydrogen-bond donors (Lipinski definition) is 1. The number of fused-ring (bicyclic) bond motifs is 1. The second-order valence-electron chi connectivity index (χ2n) is 4.45. The van der Waals surface area contributed by atoms with Crippen LogP contribution in [0.25, 0.3) is 4.96 Å². The molecule has 0 aliphatic heterocycles. The molecule has 8 heteroatoms. The molecule has 0 saturated heterocycles. The van der Waals surface area contributed by atoms with Crippen molar-refractivity contribution >= 4 is 33.8 Å². The van der Waals surface area contributed by atoms with Gasteiger partial charge in [0.15, 0.2) is 5.82 Å². The smallest absolute Gasteiger partial charge is 0.251 e. The fourth-order valence-electron chi connectivity index (χ4n) is 1.87. The minimum Gasteiger partial charge on any atom is -0.352 e. The quantitative estimate of drug-likeness (QED) is 0.799. The van der Waals surface area contributed by atoms with Crippen LogP contribution in [0.2, 0.25) is 5.02 Å². The van der Waals surface area contributed by atoms with E-state index in [1.807, 2.05) is 6.92 Å². The summed E-state index contributed by atoms with van der Waals surface area (Å²) in [6, 6.07) is 6.86. The van der Waals surface area contributed by atoms with Gasteiger partial charge in [-0.3, -0.25) is 4.79 Å². The van der Waals surface area contributed by atoms with Gasteiger partial charge >= 0.3 is 0 Å². The van der Waals surface area contributed by atoms with E-state index in [-0.39, 0.29) is 5.91 Å². The van der Waals surface area contributed by atoms with E-state index in [9.17, 15) is 4.79 Å². The summed E-state index contributed by atoms with van der Waals surface area (Å²) in [4.78, 5) is 12.7. The first-order chi connectivity index (χ1) is 10.1. The highest BCUT2D eigenvalue weighted by Gasteiger charge is 2.09. The number of aromatic nitrogens is 4. The highest BCUT2D eigenvalue weighted by Crippen LogP contribution is 2.14. The van der Waals surface area contributed by atoms with Crippen molar-refractivity contribution in [3.8, 4) is 0 Å². The molecule has 3 rings (SSSR count). The number of carbonyl (C=O) groups is 1. The molecule has 0 fully saturated rings. The summed E-state index contributed by atoms with van der Waals surface area (Å²) >= 11 is 7.34. The van der Waals surface area contributed by atoms with E-state index >= 15 is 0 Å². The Labute approximate surface area is 129 Å². The van der Waals surface area contributed by atoms with Crippen molar-refractivity contribution in [1.29, 1.82) is 0 Å². The molecule has 1 amide bonds. The van der Waals surface area contributed by atoms with Gasteiger partial charge in [-0.25, -0.2) is 0 Å². The average molecular weight is 322 g/mol. The maximum atomic E-state index is 11.9. The van der Waals surface area contributed by atoms with Crippen LogP contribution in [0.5, 0.6) is 0 Å². The lowest BCUT2D eigenvalue weighted by Gasteiger charge is -2.03. The van der Waals surface area contributed by atoms with Crippen LogP contribution >= 0.6 is 22.9 Å². The third kappa shape index (κ3) is 3.03. The molecule has 0 bridgehead atoms. The summed E-state index contributed by atoms with van der Waals surface area (Å²) in [6.45, 7) is 2.36. The van der Waals surface area contributed by atoms with E-state index in [0.29, 0.717) is 23.6 Å². The number of halogens is 1. The van der Waals surface area contributed by atoms with Crippen LogP contribution in [0.3, 0.4) is 0 Å². The molecular formula is C13H12ClN5OS. The first kappa shape index (κ1) is 14.0. The Kier molecular flexibility index (Phi) is 3.85. The van der Waals surface area contributed by atoms with Gasteiger partial charge in [0.2, 0.25) is 4.96 Å². The Morgan fingerprint density at radius 2 is 2.29 bits per heavy atom. The normalized spacial score (nSPS) is 11.0. The molecule has 6 nitrogen and oxygen atoms in total. The average Bonchev–Trinajstić information content (AvgIpc) is 3.01. The maximum Gasteiger partial charge on any atom is 0.251 e. The number of rotatable bonds is 4. The fraction of sp³-hybridized carbons (Fsp3) is 0.231. The zero-order valence-corrected chi connectivity index (χ0v) is 12.8. The molecule has 0 atom stereocenters. The van der Waals surface area contributed by atoms with Gasteiger partial charge in [-0.05, 0) is 25.1 Å². The van der Waals surface area contributed by atoms with E-state index in [1.54, 1.807) is 28.8 Å². The van der Waals surface area contributed by atoms with Gasteiger partial charge < -0.3 is 5.32 Å². The fourth-order valence-corrected chi connectivity index (χ4v) is 2.94. The van der Waals surface area contributed by atoms with Crippen molar-refractivity contribution in [3.05, 3.63) is 45.7 Å². The third-order valence-corrected chi connectivity index (χ3v) is 4.09.